The van der Waals surface area contributed by atoms with Crippen LogP contribution in [0.4, 0.5) is 4.39 Å². The van der Waals surface area contributed by atoms with Crippen LogP contribution >= 0.6 is 0 Å². The molecule has 0 heterocycles. The van der Waals surface area contributed by atoms with Crippen molar-refractivity contribution in [3.8, 4) is 0 Å². The van der Waals surface area contributed by atoms with Gasteiger partial charge in [-0.15, -0.1) is 0 Å². The van der Waals surface area contributed by atoms with E-state index in [4.69, 9.17) is 19.9 Å². The van der Waals surface area contributed by atoms with Gasteiger partial charge in [-0.2, -0.15) is 0 Å². The molecule has 1 amide bonds. The van der Waals surface area contributed by atoms with Crippen molar-refractivity contribution in [3.05, 3.63) is 71.5 Å². The molecule has 0 radical (unpaired) electrons. The third kappa shape index (κ3) is 6.94. The number of carbonyl (C=O) groups excluding carboxylic acids is 2. The molecule has 0 saturated heterocycles. The number of ether oxygens (including phenoxy) is 3. The predicted molar refractivity (Wildman–Crippen MR) is 104 cm³/mol. The number of hydrogen-bond acceptors (Lipinski definition) is 6. The molecule has 2 rings (SSSR count). The summed E-state index contributed by atoms with van der Waals surface area (Å²) in [6, 6.07) is 13.2. The first-order valence-corrected chi connectivity index (χ1v) is 8.99. The van der Waals surface area contributed by atoms with Gasteiger partial charge in [-0.05, 0) is 23.3 Å². The van der Waals surface area contributed by atoms with Crippen LogP contribution in [0, 0.1) is 5.82 Å². The van der Waals surface area contributed by atoms with Crippen LogP contribution in [0.2, 0.25) is 0 Å². The van der Waals surface area contributed by atoms with E-state index in [1.807, 2.05) is 18.2 Å². The highest BCUT2D eigenvalue weighted by Crippen LogP contribution is 2.11. The van der Waals surface area contributed by atoms with E-state index in [9.17, 15) is 14.0 Å². The molecule has 29 heavy (non-hydrogen) atoms. The quantitative estimate of drug-likeness (QED) is 0.369. The predicted octanol–water partition coefficient (Wildman–Crippen LogP) is 1.84. The summed E-state index contributed by atoms with van der Waals surface area (Å²) in [6.07, 6.45) is -0.716. The highest BCUT2D eigenvalue weighted by atomic mass is 19.1. The topological polar surface area (TPSA) is 91.1 Å². The van der Waals surface area contributed by atoms with Crippen molar-refractivity contribution >= 4 is 11.9 Å². The molecule has 8 heteroatoms. The van der Waals surface area contributed by atoms with E-state index in [1.165, 1.54) is 31.3 Å². The zero-order valence-electron chi connectivity index (χ0n) is 16.4. The summed E-state index contributed by atoms with van der Waals surface area (Å²) in [7, 11) is 2.87. The molecule has 0 fully saturated rings. The van der Waals surface area contributed by atoms with Gasteiger partial charge in [-0.3, -0.25) is 4.79 Å². The summed E-state index contributed by atoms with van der Waals surface area (Å²) in [4.78, 5) is 26.4. The minimum Gasteiger partial charge on any atom is -0.459 e. The van der Waals surface area contributed by atoms with E-state index >= 15 is 0 Å². The number of esters is 1. The Hall–Kier alpha value is -2.81. The summed E-state index contributed by atoms with van der Waals surface area (Å²) in [6.45, 7) is 0.141. The number of halogens is 1. The maximum Gasteiger partial charge on any atom is 0.333 e. The van der Waals surface area contributed by atoms with Gasteiger partial charge in [0.15, 0.2) is 12.3 Å². The van der Waals surface area contributed by atoms with Crippen LogP contribution in [-0.4, -0.2) is 49.9 Å². The van der Waals surface area contributed by atoms with Gasteiger partial charge >= 0.3 is 5.97 Å². The Kier molecular flexibility index (Phi) is 8.72. The van der Waals surface area contributed by atoms with Crippen molar-refractivity contribution in [2.24, 2.45) is 5.73 Å². The lowest BCUT2D eigenvalue weighted by atomic mass is 10.2. The van der Waals surface area contributed by atoms with E-state index in [0.29, 0.717) is 5.56 Å². The molecule has 0 aliphatic carbocycles. The third-order valence-electron chi connectivity index (χ3n) is 4.24. The molecule has 2 aromatic rings. The van der Waals surface area contributed by atoms with Crippen molar-refractivity contribution < 1.29 is 28.2 Å². The maximum absolute atomic E-state index is 13.2. The van der Waals surface area contributed by atoms with Crippen LogP contribution in [0.5, 0.6) is 0 Å². The molecule has 2 N–H and O–H groups in total. The fourth-order valence-electron chi connectivity index (χ4n) is 2.58. The van der Waals surface area contributed by atoms with Gasteiger partial charge in [0, 0.05) is 20.8 Å². The molecule has 156 valence electrons. The molecule has 0 aliphatic heterocycles. The molecule has 7 nitrogen and oxygen atoms in total. The molecule has 1 unspecified atom stereocenters. The Morgan fingerprint density at radius 2 is 1.62 bits per heavy atom. The number of rotatable bonds is 10. The van der Waals surface area contributed by atoms with Gasteiger partial charge in [-0.25, -0.2) is 9.18 Å². The average Bonchev–Trinajstić information content (AvgIpc) is 2.76. The largest absolute Gasteiger partial charge is 0.459 e. The lowest BCUT2D eigenvalue weighted by Gasteiger charge is -2.28. The van der Waals surface area contributed by atoms with Crippen molar-refractivity contribution in [2.45, 2.75) is 25.5 Å². The van der Waals surface area contributed by atoms with Gasteiger partial charge in [0.25, 0.3) is 5.91 Å². The Morgan fingerprint density at radius 1 is 1.00 bits per heavy atom. The van der Waals surface area contributed by atoms with Crippen molar-refractivity contribution in [2.75, 3.05) is 20.8 Å². The maximum atomic E-state index is 13.2. The summed E-state index contributed by atoms with van der Waals surface area (Å²) in [5.74, 6) is -1.87. The second-order valence-corrected chi connectivity index (χ2v) is 6.32. The average molecular weight is 404 g/mol. The molecule has 0 spiro atoms. The van der Waals surface area contributed by atoms with Gasteiger partial charge in [0.2, 0.25) is 0 Å². The zero-order valence-corrected chi connectivity index (χ0v) is 16.4. The van der Waals surface area contributed by atoms with Crippen LogP contribution in [-0.2, 0) is 37.0 Å². The van der Waals surface area contributed by atoms with Gasteiger partial charge < -0.3 is 24.8 Å². The standard InChI is InChI=1S/C21H25FN2O5/c1-27-18(28-2)13-24(12-15-8-10-17(22)11-9-15)20(25)19(23)21(26)29-14-16-6-4-3-5-7-16/h3-11,18-19H,12-14,23H2,1-2H3. The number of nitrogens with zero attached hydrogens (tertiary/aromatic N) is 1. The van der Waals surface area contributed by atoms with Gasteiger partial charge in [0.05, 0.1) is 6.54 Å². The smallest absolute Gasteiger partial charge is 0.333 e. The van der Waals surface area contributed by atoms with Crippen molar-refractivity contribution in [1.29, 1.82) is 0 Å². The summed E-state index contributed by atoms with van der Waals surface area (Å²) >= 11 is 0. The summed E-state index contributed by atoms with van der Waals surface area (Å²) < 4.78 is 28.6. The minimum atomic E-state index is -1.51. The van der Waals surface area contributed by atoms with E-state index in [-0.39, 0.29) is 25.5 Å². The number of amides is 1. The van der Waals surface area contributed by atoms with Crippen LogP contribution in [0.25, 0.3) is 0 Å². The molecule has 0 aromatic heterocycles. The minimum absolute atomic E-state index is 0.0113. The number of nitrogens with two attached hydrogens (primary N) is 1. The van der Waals surface area contributed by atoms with Crippen LogP contribution in [0.15, 0.2) is 54.6 Å². The number of benzene rings is 2. The van der Waals surface area contributed by atoms with Gasteiger partial charge in [0.1, 0.15) is 12.4 Å². The number of hydrogen-bond donors (Lipinski definition) is 1. The first-order chi connectivity index (χ1) is 13.9. The number of carbonyl (C=O) groups is 2. The summed E-state index contributed by atoms with van der Waals surface area (Å²) in [5.41, 5.74) is 7.30. The first-order valence-electron chi connectivity index (χ1n) is 8.99. The Labute approximate surface area is 169 Å². The molecular weight excluding hydrogens is 379 g/mol. The molecular formula is C21H25FN2O5. The van der Waals surface area contributed by atoms with E-state index in [2.05, 4.69) is 0 Å². The highest BCUT2D eigenvalue weighted by Gasteiger charge is 2.30. The van der Waals surface area contributed by atoms with Crippen molar-refractivity contribution in [3.63, 3.8) is 0 Å². The van der Waals surface area contributed by atoms with Crippen LogP contribution in [0.3, 0.4) is 0 Å². The molecule has 1 atom stereocenters. The highest BCUT2D eigenvalue weighted by molar-refractivity contribution is 6.01. The molecule has 0 bridgehead atoms. The van der Waals surface area contributed by atoms with Crippen LogP contribution < -0.4 is 5.73 Å². The molecule has 0 saturated carbocycles. The second-order valence-electron chi connectivity index (χ2n) is 6.32. The Bertz CT molecular complexity index is 781. The Morgan fingerprint density at radius 3 is 2.21 bits per heavy atom. The second kappa shape index (κ2) is 11.3. The van der Waals surface area contributed by atoms with Crippen LogP contribution in [0.1, 0.15) is 11.1 Å². The zero-order chi connectivity index (χ0) is 21.2. The fourth-order valence-corrected chi connectivity index (χ4v) is 2.58. The van der Waals surface area contributed by atoms with E-state index in [0.717, 1.165) is 5.56 Å². The third-order valence-corrected chi connectivity index (χ3v) is 4.24. The van der Waals surface area contributed by atoms with Crippen molar-refractivity contribution in [1.82, 2.24) is 4.90 Å². The summed E-state index contributed by atoms with van der Waals surface area (Å²) in [5, 5.41) is 0. The Balaban J connectivity index is 2.06. The lowest BCUT2D eigenvalue weighted by Crippen LogP contribution is -2.50. The SMILES string of the molecule is COC(CN(Cc1ccc(F)cc1)C(=O)C(N)C(=O)OCc1ccccc1)OC. The molecule has 2 aromatic carbocycles. The van der Waals surface area contributed by atoms with Gasteiger partial charge in [-0.1, -0.05) is 42.5 Å². The molecule has 0 aliphatic rings. The van der Waals surface area contributed by atoms with E-state index < -0.39 is 24.2 Å². The normalized spacial score (nSPS) is 11.9. The van der Waals surface area contributed by atoms with E-state index in [1.54, 1.807) is 24.3 Å². The number of methoxy groups -OCH3 is 2. The monoisotopic (exact) mass is 404 g/mol. The fraction of sp³-hybridized carbons (Fsp3) is 0.333. The first kappa shape index (κ1) is 22.5. The lowest BCUT2D eigenvalue weighted by molar-refractivity contribution is -0.157.